The largest absolute Gasteiger partial charge is 0.405 e. The summed E-state index contributed by atoms with van der Waals surface area (Å²) in [6.07, 6.45) is 0.568. The summed E-state index contributed by atoms with van der Waals surface area (Å²) in [6.45, 7) is 1.82. The molecule has 2 rings (SSSR count). The number of benzene rings is 1. The van der Waals surface area contributed by atoms with Crippen LogP contribution in [0.4, 0.5) is 17.6 Å². The molecule has 0 radical (unpaired) electrons. The van der Waals surface area contributed by atoms with E-state index in [0.29, 0.717) is 10.8 Å². The second-order valence-electron chi connectivity index (χ2n) is 3.60. The average molecular weight is 242 g/mol. The predicted molar refractivity (Wildman–Crippen MR) is 52.5 cm³/mol. The zero-order chi connectivity index (χ0) is 12.6. The van der Waals surface area contributed by atoms with Crippen LogP contribution >= 0.6 is 0 Å². The summed E-state index contributed by atoms with van der Waals surface area (Å²) in [4.78, 5) is 0. The van der Waals surface area contributed by atoms with E-state index in [4.69, 9.17) is 0 Å². The molecule has 1 nitrogen and oxygen atoms in total. The molecule has 1 aromatic heterocycles. The number of hydrogen-bond donors (Lipinski definition) is 0. The van der Waals surface area contributed by atoms with Crippen molar-refractivity contribution in [3.63, 3.8) is 0 Å². The predicted octanol–water partition coefficient (Wildman–Crippen LogP) is 2.83. The Morgan fingerprint density at radius 3 is 2.06 bits per heavy atom. The molecule has 5 heteroatoms. The van der Waals surface area contributed by atoms with Gasteiger partial charge in [-0.1, -0.05) is 17.7 Å². The first kappa shape index (κ1) is 11.6. The fraction of sp³-hybridized carbons (Fsp3) is 0.0833. The molecule has 0 aliphatic carbocycles. The normalized spacial score (nSPS) is 10.6. The Hall–Kier alpha value is -1.91. The smallest absolute Gasteiger partial charge is 0.200 e. The molecule has 0 aliphatic rings. The molecule has 0 bridgehead atoms. The van der Waals surface area contributed by atoms with E-state index in [-0.39, 0.29) is 5.69 Å². The first-order valence-corrected chi connectivity index (χ1v) is 4.82. The van der Waals surface area contributed by atoms with Gasteiger partial charge in [0.1, 0.15) is 0 Å². The number of nitrogens with zero attached hydrogens (tertiary/aromatic N) is 1. The fourth-order valence-electron chi connectivity index (χ4n) is 1.42. The SMILES string of the molecule is Cc1ccc(-[n+]2cc(F)c(F)c(F)c2F)cc1. The summed E-state index contributed by atoms with van der Waals surface area (Å²) >= 11 is 0. The number of aryl methyl sites for hydroxylation is 1. The summed E-state index contributed by atoms with van der Waals surface area (Å²) in [5.74, 6) is -6.55. The summed E-state index contributed by atoms with van der Waals surface area (Å²) in [7, 11) is 0. The number of aromatic nitrogens is 1. The lowest BCUT2D eigenvalue weighted by atomic mass is 10.2. The quantitative estimate of drug-likeness (QED) is 0.411. The Bertz CT molecular complexity index is 564. The second kappa shape index (κ2) is 4.16. The molecular formula is C12H8F4N+. The average Bonchev–Trinajstić information content (AvgIpc) is 2.32. The van der Waals surface area contributed by atoms with Crippen molar-refractivity contribution in [3.8, 4) is 5.69 Å². The van der Waals surface area contributed by atoms with Gasteiger partial charge in [-0.05, 0) is 6.92 Å². The summed E-state index contributed by atoms with van der Waals surface area (Å²) < 4.78 is 52.8. The van der Waals surface area contributed by atoms with E-state index in [9.17, 15) is 17.6 Å². The van der Waals surface area contributed by atoms with E-state index >= 15 is 0 Å². The molecule has 0 fully saturated rings. The third-order valence-corrected chi connectivity index (χ3v) is 2.35. The molecule has 2 aromatic rings. The highest BCUT2D eigenvalue weighted by molar-refractivity contribution is 5.26. The van der Waals surface area contributed by atoms with E-state index in [1.165, 1.54) is 12.1 Å². The molecule has 17 heavy (non-hydrogen) atoms. The molecular weight excluding hydrogens is 234 g/mol. The van der Waals surface area contributed by atoms with Crippen LogP contribution in [0.5, 0.6) is 0 Å². The van der Waals surface area contributed by atoms with Crippen molar-refractivity contribution in [1.29, 1.82) is 0 Å². The standard InChI is InChI=1S/C12H8F4N/c1-7-2-4-8(5-3-7)17-6-9(13)10(14)11(15)12(17)16/h2-6H,1H3/q+1. The molecule has 0 N–H and O–H groups in total. The van der Waals surface area contributed by atoms with Crippen LogP contribution in [0, 0.1) is 30.3 Å². The first-order valence-electron chi connectivity index (χ1n) is 4.82. The summed E-state index contributed by atoms with van der Waals surface area (Å²) in [5, 5.41) is 0. The lowest BCUT2D eigenvalue weighted by Gasteiger charge is -2.00. The van der Waals surface area contributed by atoms with Crippen LogP contribution in [0.2, 0.25) is 0 Å². The lowest BCUT2D eigenvalue weighted by Crippen LogP contribution is -2.37. The molecule has 0 spiro atoms. The Kier molecular flexibility index (Phi) is 2.83. The van der Waals surface area contributed by atoms with Gasteiger partial charge in [0.15, 0.2) is 0 Å². The molecule has 0 unspecified atom stereocenters. The minimum Gasteiger partial charge on any atom is -0.200 e. The molecule has 0 aliphatic heterocycles. The van der Waals surface area contributed by atoms with Crippen molar-refractivity contribution in [2.45, 2.75) is 6.92 Å². The van der Waals surface area contributed by atoms with Crippen molar-refractivity contribution in [1.82, 2.24) is 0 Å². The fourth-order valence-corrected chi connectivity index (χ4v) is 1.42. The lowest BCUT2D eigenvalue weighted by molar-refractivity contribution is -0.632. The van der Waals surface area contributed by atoms with Crippen LogP contribution in [-0.4, -0.2) is 0 Å². The van der Waals surface area contributed by atoms with E-state index in [0.717, 1.165) is 5.56 Å². The molecule has 0 atom stereocenters. The molecule has 1 heterocycles. The third-order valence-electron chi connectivity index (χ3n) is 2.35. The minimum absolute atomic E-state index is 0.214. The van der Waals surface area contributed by atoms with Gasteiger partial charge in [-0.25, -0.2) is 0 Å². The molecule has 0 saturated heterocycles. The van der Waals surface area contributed by atoms with Gasteiger partial charge in [-0.15, -0.1) is 8.96 Å². The zero-order valence-corrected chi connectivity index (χ0v) is 8.85. The third kappa shape index (κ3) is 2.00. The van der Waals surface area contributed by atoms with Gasteiger partial charge in [0.25, 0.3) is 5.82 Å². The van der Waals surface area contributed by atoms with Gasteiger partial charge in [-0.2, -0.15) is 13.2 Å². The minimum atomic E-state index is -1.83. The number of rotatable bonds is 1. The van der Waals surface area contributed by atoms with Crippen LogP contribution in [0.1, 0.15) is 5.56 Å². The number of pyridine rings is 1. The van der Waals surface area contributed by atoms with Crippen molar-refractivity contribution in [3.05, 3.63) is 59.4 Å². The highest BCUT2D eigenvalue weighted by Gasteiger charge is 2.27. The monoisotopic (exact) mass is 242 g/mol. The van der Waals surface area contributed by atoms with E-state index < -0.39 is 23.4 Å². The van der Waals surface area contributed by atoms with Gasteiger partial charge < -0.3 is 0 Å². The van der Waals surface area contributed by atoms with Crippen LogP contribution in [0.25, 0.3) is 5.69 Å². The maximum absolute atomic E-state index is 13.4. The van der Waals surface area contributed by atoms with Gasteiger partial charge in [0.2, 0.25) is 23.5 Å². The van der Waals surface area contributed by atoms with Crippen LogP contribution in [0.3, 0.4) is 0 Å². The highest BCUT2D eigenvalue weighted by Crippen LogP contribution is 2.12. The Morgan fingerprint density at radius 1 is 0.882 bits per heavy atom. The van der Waals surface area contributed by atoms with Crippen LogP contribution < -0.4 is 4.57 Å². The number of halogens is 4. The van der Waals surface area contributed by atoms with E-state index in [1.807, 2.05) is 6.92 Å². The van der Waals surface area contributed by atoms with Gasteiger partial charge in [0, 0.05) is 12.1 Å². The van der Waals surface area contributed by atoms with Crippen molar-refractivity contribution in [2.24, 2.45) is 0 Å². The van der Waals surface area contributed by atoms with Gasteiger partial charge in [-0.3, -0.25) is 0 Å². The zero-order valence-electron chi connectivity index (χ0n) is 8.85. The topological polar surface area (TPSA) is 3.88 Å². The first-order chi connectivity index (χ1) is 8.00. The Balaban J connectivity index is 2.64. The van der Waals surface area contributed by atoms with Gasteiger partial charge in [0.05, 0.1) is 0 Å². The summed E-state index contributed by atoms with van der Waals surface area (Å²) in [6, 6.07) is 6.27. The summed E-state index contributed by atoms with van der Waals surface area (Å²) in [5.41, 5.74) is 1.13. The van der Waals surface area contributed by atoms with E-state index in [1.54, 1.807) is 12.1 Å². The van der Waals surface area contributed by atoms with Crippen molar-refractivity contribution < 1.29 is 22.1 Å². The molecule has 0 saturated carbocycles. The van der Waals surface area contributed by atoms with Crippen LogP contribution in [-0.2, 0) is 0 Å². The molecule has 0 amide bonds. The Labute approximate surface area is 94.9 Å². The Morgan fingerprint density at radius 2 is 1.47 bits per heavy atom. The van der Waals surface area contributed by atoms with E-state index in [2.05, 4.69) is 0 Å². The maximum atomic E-state index is 13.4. The number of hydrogen-bond acceptors (Lipinski definition) is 0. The highest BCUT2D eigenvalue weighted by atomic mass is 19.2. The van der Waals surface area contributed by atoms with Crippen molar-refractivity contribution in [2.75, 3.05) is 0 Å². The van der Waals surface area contributed by atoms with Gasteiger partial charge >= 0.3 is 5.95 Å². The van der Waals surface area contributed by atoms with Crippen molar-refractivity contribution >= 4 is 0 Å². The maximum Gasteiger partial charge on any atom is 0.405 e. The molecule has 88 valence electrons. The van der Waals surface area contributed by atoms with Crippen LogP contribution in [0.15, 0.2) is 30.5 Å². The molecule has 1 aromatic carbocycles. The second-order valence-corrected chi connectivity index (χ2v) is 3.60.